The molecule has 3 aliphatic heterocycles. The van der Waals surface area contributed by atoms with E-state index in [0.717, 1.165) is 22.6 Å². The summed E-state index contributed by atoms with van der Waals surface area (Å²) in [5.41, 5.74) is 0.982. The summed E-state index contributed by atoms with van der Waals surface area (Å²) in [6.45, 7) is 5.96. The Morgan fingerprint density at radius 1 is 0.812 bits per heavy atom. The first-order valence-electron chi connectivity index (χ1n) is 27.9. The van der Waals surface area contributed by atoms with Crippen LogP contribution in [0.2, 0.25) is 0 Å². The number of cyclic esters (lactones) is 1. The van der Waals surface area contributed by atoms with Crippen molar-refractivity contribution in [2.24, 2.45) is 0 Å². The van der Waals surface area contributed by atoms with Crippen molar-refractivity contribution in [1.82, 2.24) is 51.7 Å². The van der Waals surface area contributed by atoms with Gasteiger partial charge in [-0.05, 0) is 88.1 Å². The van der Waals surface area contributed by atoms with E-state index in [2.05, 4.69) is 37.2 Å². The molecule has 25 nitrogen and oxygen atoms in total. The molecule has 0 spiro atoms. The molecule has 0 unspecified atom stereocenters. The van der Waals surface area contributed by atoms with Gasteiger partial charge in [-0.2, -0.15) is 0 Å². The molecular weight excluding hydrogens is 1110 g/mol. The van der Waals surface area contributed by atoms with E-state index in [9.17, 15) is 62.6 Å². The summed E-state index contributed by atoms with van der Waals surface area (Å²) in [4.78, 5) is 161. The third kappa shape index (κ3) is 14.4. The Labute approximate surface area is 486 Å². The highest BCUT2D eigenvalue weighted by molar-refractivity contribution is 6.13. The van der Waals surface area contributed by atoms with Crippen molar-refractivity contribution in [2.75, 3.05) is 32.7 Å². The summed E-state index contributed by atoms with van der Waals surface area (Å²) in [5, 5.41) is 30.0. The second-order valence-corrected chi connectivity index (χ2v) is 22.1. The highest BCUT2D eigenvalue weighted by Crippen LogP contribution is 2.46. The Morgan fingerprint density at radius 3 is 2.14 bits per heavy atom. The Balaban J connectivity index is 0.814. The Bertz CT molecular complexity index is 3490. The molecule has 0 bridgehead atoms. The van der Waals surface area contributed by atoms with Crippen molar-refractivity contribution in [1.29, 1.82) is 0 Å². The Hall–Kier alpha value is -9.20. The number of ether oxygens (including phenoxy) is 2. The summed E-state index contributed by atoms with van der Waals surface area (Å²) < 4.78 is 27.4. The second-order valence-electron chi connectivity index (χ2n) is 22.1. The number of fused-ring (bicyclic) bond motifs is 5. The molecule has 0 radical (unpaired) electrons. The molecule has 85 heavy (non-hydrogen) atoms. The zero-order valence-corrected chi connectivity index (χ0v) is 47.6. The van der Waals surface area contributed by atoms with Crippen LogP contribution in [0.3, 0.4) is 0 Å². The monoisotopic (exact) mass is 1170 g/mol. The Kier molecular flexibility index (Phi) is 19.0. The van der Waals surface area contributed by atoms with Crippen molar-refractivity contribution < 1.29 is 71.7 Å². The van der Waals surface area contributed by atoms with E-state index in [1.54, 1.807) is 71.0 Å². The largest absolute Gasteiger partial charge is 0.460 e. The van der Waals surface area contributed by atoms with E-state index in [1.807, 2.05) is 0 Å². The maximum Gasteiger partial charge on any atom is 0.343 e. The number of esters is 2. The van der Waals surface area contributed by atoms with Gasteiger partial charge in [-0.15, -0.1) is 0 Å². The minimum Gasteiger partial charge on any atom is -0.460 e. The fourth-order valence-electron chi connectivity index (χ4n) is 10.7. The number of amides is 9. The third-order valence-corrected chi connectivity index (χ3v) is 15.0. The second kappa shape index (κ2) is 26.2. The minimum absolute atomic E-state index is 0.0132. The number of carbonyl (C=O) groups is 11. The standard InChI is InChI=1S/C59H67FN10O15/c1-6-59(83)36-23-42-53-34(29-70(42)56(81)35(36)30-84-57(59)82)52-38(17-16-33-31(2)37(60)24-39(68-53)51(33)52)65-43(71)14-10-20-61-45(73)26-63-54(79)40(22-32-12-8-7-9-13-32)67-47(75)28-62-46(74)27-64-55(80)41(25-50(78)85-58(3,4)5)66-44(72)15-11-21-69-48(76)18-19-49(69)77/h7-9,12-13,18-19,23-24,38,40-41,83H,6,10-11,14-17,20-22,25-30H2,1-5H3,(H,61,73)(H,62,74)(H,63,79)(H,64,80)(H,65,71)(H,66,72)(H,67,75)/t38-,40-,41-,59-/m0/s1. The summed E-state index contributed by atoms with van der Waals surface area (Å²) in [6.07, 6.45) is 2.34. The molecule has 2 aromatic carbocycles. The maximum atomic E-state index is 15.4. The van der Waals surface area contributed by atoms with Crippen molar-refractivity contribution >= 4 is 76.0 Å². The molecular formula is C59H67FN10O15. The van der Waals surface area contributed by atoms with Gasteiger partial charge in [-0.3, -0.25) is 57.6 Å². The van der Waals surface area contributed by atoms with Crippen LogP contribution in [0, 0.1) is 12.7 Å². The first kappa shape index (κ1) is 61.9. The van der Waals surface area contributed by atoms with Gasteiger partial charge in [-0.25, -0.2) is 14.2 Å². The predicted molar refractivity (Wildman–Crippen MR) is 299 cm³/mol. The number of aromatic nitrogens is 2. The van der Waals surface area contributed by atoms with Crippen LogP contribution < -0.4 is 42.8 Å². The first-order valence-corrected chi connectivity index (χ1v) is 27.9. The average Bonchev–Trinajstić information content (AvgIpc) is 1.66. The number of rotatable bonds is 24. The molecule has 4 aromatic rings. The molecule has 0 fully saturated rings. The maximum absolute atomic E-state index is 15.4. The number of nitrogens with zero attached hydrogens (tertiary/aromatic N) is 3. The fourth-order valence-corrected chi connectivity index (χ4v) is 10.7. The number of aliphatic hydroxyl groups is 1. The molecule has 9 amide bonds. The average molecular weight is 1180 g/mol. The molecule has 8 N–H and O–H groups in total. The van der Waals surface area contributed by atoms with E-state index >= 15 is 4.39 Å². The smallest absolute Gasteiger partial charge is 0.343 e. The quantitative estimate of drug-likeness (QED) is 0.0237. The Morgan fingerprint density at radius 2 is 1.46 bits per heavy atom. The van der Waals surface area contributed by atoms with Crippen LogP contribution in [-0.4, -0.2) is 135 Å². The van der Waals surface area contributed by atoms with Crippen molar-refractivity contribution in [3.63, 3.8) is 0 Å². The van der Waals surface area contributed by atoms with E-state index in [1.165, 1.54) is 10.6 Å². The molecule has 0 saturated carbocycles. The summed E-state index contributed by atoms with van der Waals surface area (Å²) >= 11 is 0. The number of carbonyl (C=O) groups excluding carboxylic acids is 11. The van der Waals surface area contributed by atoms with Gasteiger partial charge in [0, 0.05) is 67.1 Å². The van der Waals surface area contributed by atoms with Crippen LogP contribution in [0.25, 0.3) is 22.3 Å². The van der Waals surface area contributed by atoms with Crippen LogP contribution in [0.1, 0.15) is 118 Å². The number of benzene rings is 2. The lowest BCUT2D eigenvalue weighted by Crippen LogP contribution is -2.53. The fraction of sp³-hybridized carbons (Fsp3) is 0.441. The highest BCUT2D eigenvalue weighted by Gasteiger charge is 2.46. The van der Waals surface area contributed by atoms with Crippen LogP contribution in [0.4, 0.5) is 4.39 Å². The first-order chi connectivity index (χ1) is 40.3. The molecule has 5 heterocycles. The SMILES string of the molecule is CC[C@@]1(O)C(=O)OCc2c1cc1n(c2=O)Cc2c-1nc1cc(F)c(C)c3c1c2[C@@H](NC(=O)CCCNC(=O)CNC(=O)[C@H](Cc1ccccc1)NC(=O)CNC(=O)CNC(=O)[C@H](CC(=O)OC(C)(C)C)NC(=O)CCCN1C(=O)C=CC1=O)CC3. The zero-order valence-electron chi connectivity index (χ0n) is 47.6. The lowest BCUT2D eigenvalue weighted by atomic mass is 9.81. The number of hydrogen-bond acceptors (Lipinski definition) is 16. The number of nitrogens with one attached hydrogen (secondary N) is 7. The van der Waals surface area contributed by atoms with Gasteiger partial charge < -0.3 is 56.4 Å². The van der Waals surface area contributed by atoms with Gasteiger partial charge in [0.2, 0.25) is 41.4 Å². The predicted octanol–water partition coefficient (Wildman–Crippen LogP) is 0.525. The van der Waals surface area contributed by atoms with Crippen molar-refractivity contribution in [2.45, 2.75) is 135 Å². The van der Waals surface area contributed by atoms with Gasteiger partial charge in [-0.1, -0.05) is 37.3 Å². The van der Waals surface area contributed by atoms with E-state index in [0.29, 0.717) is 57.4 Å². The lowest BCUT2D eigenvalue weighted by Gasteiger charge is -2.31. The summed E-state index contributed by atoms with van der Waals surface area (Å²) in [5.74, 6) is -8.19. The van der Waals surface area contributed by atoms with E-state index in [4.69, 9.17) is 14.5 Å². The molecule has 2 aromatic heterocycles. The normalized spacial score (nSPS) is 17.1. The zero-order chi connectivity index (χ0) is 61.5. The van der Waals surface area contributed by atoms with Crippen molar-refractivity contribution in [3.05, 3.63) is 110 Å². The summed E-state index contributed by atoms with van der Waals surface area (Å²) in [6, 6.07) is 8.23. The van der Waals surface area contributed by atoms with Crippen LogP contribution in [-0.2, 0) is 93.8 Å². The topological polar surface area (TPSA) is 349 Å². The highest BCUT2D eigenvalue weighted by atomic mass is 19.1. The number of hydrogen-bond donors (Lipinski definition) is 8. The van der Waals surface area contributed by atoms with Gasteiger partial charge in [0.15, 0.2) is 5.60 Å². The minimum atomic E-state index is -2.06. The molecule has 26 heteroatoms. The molecule has 1 aliphatic carbocycles. The van der Waals surface area contributed by atoms with Crippen LogP contribution >= 0.6 is 0 Å². The summed E-state index contributed by atoms with van der Waals surface area (Å²) in [7, 11) is 0. The van der Waals surface area contributed by atoms with Gasteiger partial charge in [0.1, 0.15) is 30.1 Å². The van der Waals surface area contributed by atoms with Crippen molar-refractivity contribution in [3.8, 4) is 11.4 Å². The molecule has 0 saturated heterocycles. The van der Waals surface area contributed by atoms with Crippen LogP contribution in [0.15, 0.2) is 59.4 Å². The van der Waals surface area contributed by atoms with Gasteiger partial charge in [0.05, 0.1) is 61.1 Å². The van der Waals surface area contributed by atoms with Gasteiger partial charge in [0.25, 0.3) is 17.4 Å². The van der Waals surface area contributed by atoms with E-state index < -0.39 is 126 Å². The number of imide groups is 1. The third-order valence-electron chi connectivity index (χ3n) is 15.0. The molecule has 4 atom stereocenters. The molecule has 8 rings (SSSR count). The molecule has 4 aliphatic rings. The van der Waals surface area contributed by atoms with Crippen LogP contribution in [0.5, 0.6) is 0 Å². The number of aryl methyl sites for hydroxylation is 1. The number of pyridine rings is 2. The number of halogens is 1. The lowest BCUT2D eigenvalue weighted by molar-refractivity contribution is -0.172. The van der Waals surface area contributed by atoms with Gasteiger partial charge >= 0.3 is 11.9 Å². The molecule has 450 valence electrons. The van der Waals surface area contributed by atoms with E-state index in [-0.39, 0.29) is 81.8 Å².